The number of hydrogen-bond acceptors (Lipinski definition) is 5. The van der Waals surface area contributed by atoms with Gasteiger partial charge in [0.05, 0.1) is 0 Å². The van der Waals surface area contributed by atoms with E-state index in [4.69, 9.17) is 10.3 Å². The first-order valence-electron chi connectivity index (χ1n) is 4.97. The first-order chi connectivity index (χ1) is 6.88. The minimum atomic E-state index is 0.582. The highest BCUT2D eigenvalue weighted by Crippen LogP contribution is 2.25. The second-order valence-corrected chi connectivity index (χ2v) is 4.73. The van der Waals surface area contributed by atoms with Gasteiger partial charge in [0.2, 0.25) is 5.89 Å². The quantitative estimate of drug-likeness (QED) is 0.804. The summed E-state index contributed by atoms with van der Waals surface area (Å²) in [6, 6.07) is 0. The third-order valence-electron chi connectivity index (χ3n) is 2.37. The summed E-state index contributed by atoms with van der Waals surface area (Å²) in [6.07, 6.45) is 2.92. The van der Waals surface area contributed by atoms with Crippen LogP contribution in [0.1, 0.15) is 18.1 Å². The van der Waals surface area contributed by atoms with Crippen molar-refractivity contribution in [1.29, 1.82) is 0 Å². The zero-order valence-electron chi connectivity index (χ0n) is 8.11. The van der Waals surface area contributed by atoms with Gasteiger partial charge in [-0.05, 0) is 30.4 Å². The van der Waals surface area contributed by atoms with Crippen LogP contribution >= 0.6 is 11.8 Å². The number of rotatable bonds is 4. The molecule has 1 fully saturated rings. The van der Waals surface area contributed by atoms with Crippen LogP contribution in [-0.2, 0) is 12.8 Å². The Bertz CT molecular complexity index is 283. The Morgan fingerprint density at radius 1 is 1.57 bits per heavy atom. The Balaban J connectivity index is 1.88. The molecule has 1 saturated heterocycles. The Morgan fingerprint density at radius 3 is 3.21 bits per heavy atom. The van der Waals surface area contributed by atoms with Crippen molar-refractivity contribution in [1.82, 2.24) is 10.1 Å². The zero-order chi connectivity index (χ0) is 9.80. The van der Waals surface area contributed by atoms with Crippen LogP contribution in [0.5, 0.6) is 0 Å². The van der Waals surface area contributed by atoms with Crippen molar-refractivity contribution >= 4 is 11.8 Å². The van der Waals surface area contributed by atoms with Crippen LogP contribution in [0.2, 0.25) is 0 Å². The molecule has 1 unspecified atom stereocenters. The molecule has 0 aromatic carbocycles. The number of hydrogen-bond donors (Lipinski definition) is 1. The Morgan fingerprint density at radius 2 is 2.50 bits per heavy atom. The molecule has 2 N–H and O–H groups in total. The highest BCUT2D eigenvalue weighted by Gasteiger charge is 2.18. The largest absolute Gasteiger partial charge is 0.339 e. The van der Waals surface area contributed by atoms with Crippen molar-refractivity contribution in [2.45, 2.75) is 19.3 Å². The van der Waals surface area contributed by atoms with Crippen LogP contribution in [0.25, 0.3) is 0 Å². The van der Waals surface area contributed by atoms with Crippen LogP contribution < -0.4 is 5.73 Å². The van der Waals surface area contributed by atoms with Crippen LogP contribution in [-0.4, -0.2) is 28.2 Å². The highest BCUT2D eigenvalue weighted by atomic mass is 32.2. The smallest absolute Gasteiger partial charge is 0.226 e. The third-order valence-corrected chi connectivity index (χ3v) is 3.60. The number of thioether (sulfide) groups is 1. The van der Waals surface area contributed by atoms with E-state index in [1.54, 1.807) is 0 Å². The topological polar surface area (TPSA) is 64.9 Å². The summed E-state index contributed by atoms with van der Waals surface area (Å²) in [5, 5.41) is 3.88. The van der Waals surface area contributed by atoms with Gasteiger partial charge in [-0.1, -0.05) is 5.16 Å². The molecule has 1 aliphatic rings. The molecule has 5 heteroatoms. The summed E-state index contributed by atoms with van der Waals surface area (Å²) >= 11 is 2.01. The van der Waals surface area contributed by atoms with E-state index in [0.717, 1.165) is 24.1 Å². The van der Waals surface area contributed by atoms with Gasteiger partial charge in [-0.3, -0.25) is 0 Å². The highest BCUT2D eigenvalue weighted by molar-refractivity contribution is 7.99. The average molecular weight is 213 g/mol. The second-order valence-electron chi connectivity index (χ2n) is 3.58. The lowest BCUT2D eigenvalue weighted by atomic mass is 10.1. The average Bonchev–Trinajstić information content (AvgIpc) is 2.79. The van der Waals surface area contributed by atoms with Gasteiger partial charge in [0.1, 0.15) is 0 Å². The molecule has 0 spiro atoms. The molecule has 14 heavy (non-hydrogen) atoms. The van der Waals surface area contributed by atoms with Crippen molar-refractivity contribution in [3.63, 3.8) is 0 Å². The molecule has 1 aromatic heterocycles. The summed E-state index contributed by atoms with van der Waals surface area (Å²) < 4.78 is 5.15. The first-order valence-corrected chi connectivity index (χ1v) is 6.13. The fraction of sp³-hybridized carbons (Fsp3) is 0.778. The summed E-state index contributed by atoms with van der Waals surface area (Å²) in [6.45, 7) is 0.582. The van der Waals surface area contributed by atoms with E-state index in [-0.39, 0.29) is 0 Å². The molecule has 0 amide bonds. The van der Waals surface area contributed by atoms with Gasteiger partial charge in [-0.25, -0.2) is 0 Å². The maximum Gasteiger partial charge on any atom is 0.226 e. The molecular weight excluding hydrogens is 198 g/mol. The maximum atomic E-state index is 5.41. The third kappa shape index (κ3) is 2.48. The van der Waals surface area contributed by atoms with Crippen molar-refractivity contribution in [2.75, 3.05) is 18.1 Å². The van der Waals surface area contributed by atoms with Gasteiger partial charge in [0, 0.05) is 12.8 Å². The molecule has 78 valence electrons. The van der Waals surface area contributed by atoms with Crippen LogP contribution in [0, 0.1) is 5.92 Å². The summed E-state index contributed by atoms with van der Waals surface area (Å²) in [4.78, 5) is 4.30. The molecule has 2 rings (SSSR count). The molecule has 0 saturated carbocycles. The van der Waals surface area contributed by atoms with Gasteiger partial charge >= 0.3 is 0 Å². The van der Waals surface area contributed by atoms with Crippen molar-refractivity contribution in [3.8, 4) is 0 Å². The summed E-state index contributed by atoms with van der Waals surface area (Å²) in [5.74, 6) is 4.75. The molecule has 0 bridgehead atoms. The van der Waals surface area contributed by atoms with Gasteiger partial charge < -0.3 is 10.3 Å². The fourth-order valence-electron chi connectivity index (χ4n) is 1.59. The zero-order valence-corrected chi connectivity index (χ0v) is 8.92. The molecule has 1 aromatic rings. The van der Waals surface area contributed by atoms with Crippen LogP contribution in [0.15, 0.2) is 4.52 Å². The lowest BCUT2D eigenvalue weighted by molar-refractivity contribution is 0.355. The SMILES string of the molecule is NCCc1noc(CC2CCSC2)n1. The Hall–Kier alpha value is -0.550. The first kappa shape index (κ1) is 9.98. The molecule has 0 aliphatic carbocycles. The Labute approximate surface area is 87.6 Å². The molecule has 1 atom stereocenters. The van der Waals surface area contributed by atoms with Crippen LogP contribution in [0.4, 0.5) is 0 Å². The minimum Gasteiger partial charge on any atom is -0.339 e. The van der Waals surface area contributed by atoms with Gasteiger partial charge in [-0.15, -0.1) is 0 Å². The lowest BCUT2D eigenvalue weighted by Gasteiger charge is -2.01. The van der Waals surface area contributed by atoms with E-state index < -0.39 is 0 Å². The maximum absolute atomic E-state index is 5.41. The van der Waals surface area contributed by atoms with E-state index in [0.29, 0.717) is 13.0 Å². The fourth-order valence-corrected chi connectivity index (χ4v) is 2.88. The van der Waals surface area contributed by atoms with Crippen molar-refractivity contribution in [2.24, 2.45) is 11.7 Å². The van der Waals surface area contributed by atoms with Gasteiger partial charge in [0.15, 0.2) is 5.82 Å². The van der Waals surface area contributed by atoms with E-state index in [1.165, 1.54) is 17.9 Å². The van der Waals surface area contributed by atoms with E-state index in [2.05, 4.69) is 10.1 Å². The second kappa shape index (κ2) is 4.79. The molecule has 2 heterocycles. The van der Waals surface area contributed by atoms with Gasteiger partial charge in [0.25, 0.3) is 0 Å². The molecular formula is C9H15N3OS. The number of nitrogens with zero attached hydrogens (tertiary/aromatic N) is 2. The standard InChI is InChI=1S/C9H15N3OS/c10-3-1-8-11-9(13-12-8)5-7-2-4-14-6-7/h7H,1-6,10H2. The van der Waals surface area contributed by atoms with Crippen molar-refractivity contribution in [3.05, 3.63) is 11.7 Å². The minimum absolute atomic E-state index is 0.582. The monoisotopic (exact) mass is 213 g/mol. The van der Waals surface area contributed by atoms with Crippen LogP contribution in [0.3, 0.4) is 0 Å². The normalized spacial score (nSPS) is 21.6. The summed E-state index contributed by atoms with van der Waals surface area (Å²) in [7, 11) is 0. The number of aromatic nitrogens is 2. The lowest BCUT2D eigenvalue weighted by Crippen LogP contribution is -2.05. The molecule has 4 nitrogen and oxygen atoms in total. The predicted octanol–water partition coefficient (Wildman–Crippen LogP) is 0.866. The van der Waals surface area contributed by atoms with E-state index >= 15 is 0 Å². The Kier molecular flexibility index (Phi) is 3.42. The number of nitrogens with two attached hydrogens (primary N) is 1. The predicted molar refractivity (Wildman–Crippen MR) is 56.2 cm³/mol. The van der Waals surface area contributed by atoms with E-state index in [1.807, 2.05) is 11.8 Å². The molecule has 1 aliphatic heterocycles. The van der Waals surface area contributed by atoms with E-state index in [9.17, 15) is 0 Å². The summed E-state index contributed by atoms with van der Waals surface area (Å²) in [5.41, 5.74) is 5.41. The van der Waals surface area contributed by atoms with Gasteiger partial charge in [-0.2, -0.15) is 16.7 Å². The molecule has 0 radical (unpaired) electrons. The van der Waals surface area contributed by atoms with Crippen molar-refractivity contribution < 1.29 is 4.52 Å².